The summed E-state index contributed by atoms with van der Waals surface area (Å²) in [5, 5.41) is 3.75. The molecule has 4 aromatic rings. The van der Waals surface area contributed by atoms with Crippen LogP contribution in [0.5, 0.6) is 5.75 Å². The quantitative estimate of drug-likeness (QED) is 0.208. The number of amides is 1. The molecule has 2 aromatic carbocycles. The minimum atomic E-state index is -0.718. The van der Waals surface area contributed by atoms with Crippen molar-refractivity contribution in [2.24, 2.45) is 11.7 Å². The summed E-state index contributed by atoms with van der Waals surface area (Å²) in [7, 11) is 1.61. The standard InChI is InChI=1S/C30H33FN6O2S/c1-20(2)17-26(32)29(38)37(16-14-22-8-4-5-15-33-22)30-35-27(34-23-9-6-7-21(31)18-23)19-28(36-30)40-25-12-10-24(39-3)11-13-25/h4-13,15,18-20,26H,14,16-17,32H2,1-3H3,(H,34,35,36)/t26-/m0/s1. The Morgan fingerprint density at radius 3 is 2.55 bits per heavy atom. The van der Waals surface area contributed by atoms with E-state index in [-0.39, 0.29) is 30.1 Å². The summed E-state index contributed by atoms with van der Waals surface area (Å²) in [5.41, 5.74) is 7.71. The minimum absolute atomic E-state index is 0.206. The van der Waals surface area contributed by atoms with E-state index in [0.29, 0.717) is 29.4 Å². The molecule has 0 aliphatic carbocycles. The van der Waals surface area contributed by atoms with E-state index in [4.69, 9.17) is 15.5 Å². The Balaban J connectivity index is 1.72. The number of nitrogens with one attached hydrogen (secondary N) is 1. The Labute approximate surface area is 238 Å². The van der Waals surface area contributed by atoms with Crippen molar-refractivity contribution in [1.82, 2.24) is 15.0 Å². The Hall–Kier alpha value is -4.02. The molecule has 0 radical (unpaired) electrons. The fourth-order valence-corrected chi connectivity index (χ4v) is 4.83. The van der Waals surface area contributed by atoms with Gasteiger partial charge in [-0.1, -0.05) is 37.7 Å². The molecule has 1 amide bonds. The van der Waals surface area contributed by atoms with Crippen LogP contribution < -0.4 is 20.7 Å². The first kappa shape index (κ1) is 29.0. The Morgan fingerprint density at radius 2 is 1.88 bits per heavy atom. The Morgan fingerprint density at radius 1 is 1.07 bits per heavy atom. The smallest absolute Gasteiger partial charge is 0.246 e. The third kappa shape index (κ3) is 8.24. The molecule has 3 N–H and O–H groups in total. The summed E-state index contributed by atoms with van der Waals surface area (Å²) in [6.07, 6.45) is 2.73. The van der Waals surface area contributed by atoms with Gasteiger partial charge in [0.25, 0.3) is 0 Å². The maximum atomic E-state index is 13.9. The number of nitrogens with zero attached hydrogens (tertiary/aromatic N) is 4. The summed E-state index contributed by atoms with van der Waals surface area (Å²) < 4.78 is 19.2. The van der Waals surface area contributed by atoms with E-state index in [2.05, 4.69) is 15.3 Å². The van der Waals surface area contributed by atoms with Crippen molar-refractivity contribution in [3.63, 3.8) is 0 Å². The van der Waals surface area contributed by atoms with Crippen LogP contribution >= 0.6 is 11.8 Å². The van der Waals surface area contributed by atoms with E-state index >= 15 is 0 Å². The fraction of sp³-hybridized carbons (Fsp3) is 0.267. The number of carbonyl (C=O) groups is 1. The van der Waals surface area contributed by atoms with E-state index < -0.39 is 6.04 Å². The topological polar surface area (TPSA) is 106 Å². The average Bonchev–Trinajstić information content (AvgIpc) is 2.93. The number of aromatic nitrogens is 3. The number of anilines is 3. The highest BCUT2D eigenvalue weighted by Crippen LogP contribution is 2.31. The van der Waals surface area contributed by atoms with Crippen LogP contribution in [-0.2, 0) is 11.2 Å². The van der Waals surface area contributed by atoms with Crippen LogP contribution in [0.2, 0.25) is 0 Å². The van der Waals surface area contributed by atoms with E-state index in [9.17, 15) is 9.18 Å². The number of halogens is 1. The molecular formula is C30H33FN6O2S. The number of nitrogens with two attached hydrogens (primary N) is 1. The van der Waals surface area contributed by atoms with Gasteiger partial charge in [0.05, 0.1) is 13.2 Å². The molecule has 0 spiro atoms. The predicted octanol–water partition coefficient (Wildman–Crippen LogP) is 5.86. The number of methoxy groups -OCH3 is 1. The molecule has 0 bridgehead atoms. The first-order valence-electron chi connectivity index (χ1n) is 13.0. The van der Waals surface area contributed by atoms with Crippen molar-refractivity contribution in [3.8, 4) is 5.75 Å². The molecule has 1 atom stereocenters. The maximum Gasteiger partial charge on any atom is 0.246 e. The van der Waals surface area contributed by atoms with Crippen LogP contribution in [0.3, 0.4) is 0 Å². The third-order valence-corrected chi connectivity index (χ3v) is 6.86. The van der Waals surface area contributed by atoms with Gasteiger partial charge in [0, 0.05) is 41.5 Å². The number of rotatable bonds is 12. The predicted molar refractivity (Wildman–Crippen MR) is 157 cm³/mol. The lowest BCUT2D eigenvalue weighted by Gasteiger charge is -2.25. The number of pyridine rings is 1. The molecule has 0 saturated carbocycles. The molecule has 2 heterocycles. The zero-order valence-electron chi connectivity index (χ0n) is 22.8. The van der Waals surface area contributed by atoms with Crippen LogP contribution in [0.25, 0.3) is 0 Å². The summed E-state index contributed by atoms with van der Waals surface area (Å²) in [6.45, 7) is 4.34. The van der Waals surface area contributed by atoms with Gasteiger partial charge in [-0.3, -0.25) is 14.7 Å². The summed E-state index contributed by atoms with van der Waals surface area (Å²) >= 11 is 1.41. The molecule has 0 aliphatic rings. The van der Waals surface area contributed by atoms with Gasteiger partial charge in [-0.2, -0.15) is 4.98 Å². The summed E-state index contributed by atoms with van der Waals surface area (Å²) in [6, 6.07) is 20.4. The summed E-state index contributed by atoms with van der Waals surface area (Å²) in [5.74, 6) is 0.954. The molecule has 2 aromatic heterocycles. The lowest BCUT2D eigenvalue weighted by Crippen LogP contribution is -2.46. The van der Waals surface area contributed by atoms with Gasteiger partial charge in [-0.15, -0.1) is 0 Å². The Bertz CT molecular complexity index is 1410. The molecule has 4 rings (SSSR count). The van der Waals surface area contributed by atoms with Crippen LogP contribution in [0.4, 0.5) is 21.8 Å². The van der Waals surface area contributed by atoms with Gasteiger partial charge >= 0.3 is 0 Å². The first-order chi connectivity index (χ1) is 19.3. The normalized spacial score (nSPS) is 11.8. The van der Waals surface area contributed by atoms with Gasteiger partial charge in [0.1, 0.15) is 22.4 Å². The highest BCUT2D eigenvalue weighted by molar-refractivity contribution is 7.99. The zero-order chi connectivity index (χ0) is 28.5. The van der Waals surface area contributed by atoms with Crippen molar-refractivity contribution < 1.29 is 13.9 Å². The third-order valence-electron chi connectivity index (χ3n) is 5.94. The van der Waals surface area contributed by atoms with Gasteiger partial charge in [0.2, 0.25) is 11.9 Å². The van der Waals surface area contributed by atoms with E-state index in [1.54, 1.807) is 31.5 Å². The second kappa shape index (κ2) is 13.9. The number of carbonyl (C=O) groups excluding carboxylic acids is 1. The van der Waals surface area contributed by atoms with Crippen molar-refractivity contribution in [3.05, 3.63) is 90.5 Å². The van der Waals surface area contributed by atoms with Gasteiger partial charge in [-0.25, -0.2) is 9.37 Å². The molecule has 8 nitrogen and oxygen atoms in total. The molecule has 208 valence electrons. The van der Waals surface area contributed by atoms with E-state index in [1.807, 2.05) is 56.3 Å². The maximum absolute atomic E-state index is 13.9. The van der Waals surface area contributed by atoms with Crippen LogP contribution in [-0.4, -0.2) is 40.6 Å². The zero-order valence-corrected chi connectivity index (χ0v) is 23.6. The largest absolute Gasteiger partial charge is 0.497 e. The SMILES string of the molecule is COc1ccc(Sc2cc(Nc3cccc(F)c3)nc(N(CCc3ccccn3)C(=O)[C@@H](N)CC(C)C)n2)cc1. The summed E-state index contributed by atoms with van der Waals surface area (Å²) in [4.78, 5) is 29.9. The second-order valence-electron chi connectivity index (χ2n) is 9.60. The van der Waals surface area contributed by atoms with Crippen molar-refractivity contribution in [1.29, 1.82) is 0 Å². The number of hydrogen-bond donors (Lipinski definition) is 2. The van der Waals surface area contributed by atoms with Crippen molar-refractivity contribution in [2.45, 2.75) is 42.7 Å². The number of benzene rings is 2. The fourth-order valence-electron chi connectivity index (χ4n) is 4.02. The van der Waals surface area contributed by atoms with E-state index in [0.717, 1.165) is 16.3 Å². The van der Waals surface area contributed by atoms with Crippen molar-refractivity contribution >= 4 is 35.1 Å². The highest BCUT2D eigenvalue weighted by Gasteiger charge is 2.26. The molecule has 40 heavy (non-hydrogen) atoms. The minimum Gasteiger partial charge on any atom is -0.497 e. The monoisotopic (exact) mass is 560 g/mol. The first-order valence-corrected chi connectivity index (χ1v) is 13.8. The molecule has 10 heteroatoms. The van der Waals surface area contributed by atoms with E-state index in [1.165, 1.54) is 28.8 Å². The molecule has 0 aliphatic heterocycles. The van der Waals surface area contributed by atoms with Crippen LogP contribution in [0.1, 0.15) is 26.0 Å². The lowest BCUT2D eigenvalue weighted by atomic mass is 10.0. The number of hydrogen-bond acceptors (Lipinski definition) is 8. The van der Waals surface area contributed by atoms with Gasteiger partial charge < -0.3 is 15.8 Å². The highest BCUT2D eigenvalue weighted by atomic mass is 32.2. The number of ether oxygens (including phenoxy) is 1. The molecule has 0 fully saturated rings. The lowest BCUT2D eigenvalue weighted by molar-refractivity contribution is -0.120. The van der Waals surface area contributed by atoms with Gasteiger partial charge in [0.15, 0.2) is 0 Å². The van der Waals surface area contributed by atoms with Crippen LogP contribution in [0, 0.1) is 11.7 Å². The molecular weight excluding hydrogens is 527 g/mol. The average molecular weight is 561 g/mol. The van der Waals surface area contributed by atoms with Crippen molar-refractivity contribution in [2.75, 3.05) is 23.9 Å². The molecule has 0 saturated heterocycles. The van der Waals surface area contributed by atoms with Crippen LogP contribution in [0.15, 0.2) is 88.9 Å². The second-order valence-corrected chi connectivity index (χ2v) is 10.7. The van der Waals surface area contributed by atoms with Gasteiger partial charge in [-0.05, 0) is 66.9 Å². The Kier molecular flexibility index (Phi) is 10.0. The molecule has 0 unspecified atom stereocenters.